The third kappa shape index (κ3) is 3.95. The van der Waals surface area contributed by atoms with Crippen molar-refractivity contribution in [1.82, 2.24) is 0 Å². The minimum absolute atomic E-state index is 0.156. The lowest BCUT2D eigenvalue weighted by atomic mass is 10.1. The molecule has 3 aromatic rings. The van der Waals surface area contributed by atoms with Crippen molar-refractivity contribution >= 4 is 42.4 Å². The summed E-state index contributed by atoms with van der Waals surface area (Å²) in [4.78, 5) is -0.904. The molecule has 0 aliphatic carbocycles. The van der Waals surface area contributed by atoms with Gasteiger partial charge in [0.2, 0.25) is 0 Å². The van der Waals surface area contributed by atoms with Crippen LogP contribution in [0.3, 0.4) is 0 Å². The van der Waals surface area contributed by atoms with Crippen LogP contribution in [0.5, 0.6) is 5.75 Å². The Labute approximate surface area is 154 Å². The second kappa shape index (κ2) is 6.70. The predicted molar refractivity (Wildman–Crippen MR) is 95.9 cm³/mol. The fourth-order valence-corrected chi connectivity index (χ4v) is 3.47. The third-order valence-electron chi connectivity index (χ3n) is 3.66. The van der Waals surface area contributed by atoms with Gasteiger partial charge in [0.1, 0.15) is 10.6 Å². The molecule has 3 rings (SSSR count). The van der Waals surface area contributed by atoms with Crippen LogP contribution in [0.2, 0.25) is 0 Å². The number of benzene rings is 3. The molecule has 0 heterocycles. The number of fused-ring (bicyclic) bond motifs is 1. The minimum Gasteiger partial charge on any atom is -0.506 e. The van der Waals surface area contributed by atoms with Crippen LogP contribution in [0.4, 0.5) is 11.4 Å². The molecule has 0 amide bonds. The van der Waals surface area contributed by atoms with E-state index in [4.69, 9.17) is 9.11 Å². The van der Waals surface area contributed by atoms with Crippen molar-refractivity contribution in [2.75, 3.05) is 0 Å². The SMILES string of the molecule is O=S(=O)(O)c1ccc(/N=N/c2cccc3c(O)c(S(=O)(=O)O)ccc23)cc1. The molecular weight excluding hydrogens is 396 g/mol. The number of aromatic hydroxyl groups is 1. The molecule has 0 spiro atoms. The average Bonchev–Trinajstić information content (AvgIpc) is 2.59. The third-order valence-corrected chi connectivity index (χ3v) is 5.41. The van der Waals surface area contributed by atoms with Gasteiger partial charge in [0.15, 0.2) is 0 Å². The summed E-state index contributed by atoms with van der Waals surface area (Å²) in [5, 5.41) is 18.6. The molecule has 0 saturated heterocycles. The zero-order chi connectivity index (χ0) is 19.8. The molecule has 11 heteroatoms. The summed E-state index contributed by atoms with van der Waals surface area (Å²) in [6.45, 7) is 0. The molecule has 0 aliphatic rings. The summed E-state index contributed by atoms with van der Waals surface area (Å²) >= 11 is 0. The highest BCUT2D eigenvalue weighted by atomic mass is 32.2. The summed E-state index contributed by atoms with van der Waals surface area (Å²) < 4.78 is 62.7. The van der Waals surface area contributed by atoms with Crippen LogP contribution >= 0.6 is 0 Å². The van der Waals surface area contributed by atoms with E-state index in [1.165, 1.54) is 30.3 Å². The van der Waals surface area contributed by atoms with Crippen LogP contribution in [0.25, 0.3) is 10.8 Å². The molecule has 140 valence electrons. The molecule has 3 aromatic carbocycles. The van der Waals surface area contributed by atoms with Crippen molar-refractivity contribution in [2.24, 2.45) is 10.2 Å². The topological polar surface area (TPSA) is 154 Å². The van der Waals surface area contributed by atoms with Crippen molar-refractivity contribution in [2.45, 2.75) is 9.79 Å². The quantitative estimate of drug-likeness (QED) is 0.441. The average molecular weight is 408 g/mol. The molecule has 27 heavy (non-hydrogen) atoms. The van der Waals surface area contributed by atoms with E-state index in [0.717, 1.165) is 18.2 Å². The van der Waals surface area contributed by atoms with Crippen LogP contribution < -0.4 is 0 Å². The lowest BCUT2D eigenvalue weighted by molar-refractivity contribution is 0.448. The van der Waals surface area contributed by atoms with Gasteiger partial charge in [0, 0.05) is 10.8 Å². The van der Waals surface area contributed by atoms with E-state index in [-0.39, 0.29) is 10.3 Å². The van der Waals surface area contributed by atoms with Crippen molar-refractivity contribution in [3.05, 3.63) is 54.6 Å². The maximum absolute atomic E-state index is 11.3. The fourth-order valence-electron chi connectivity index (χ4n) is 2.40. The Bertz CT molecular complexity index is 1270. The van der Waals surface area contributed by atoms with Crippen LogP contribution in [0, 0.1) is 0 Å². The van der Waals surface area contributed by atoms with Crippen molar-refractivity contribution in [3.63, 3.8) is 0 Å². The van der Waals surface area contributed by atoms with Crippen molar-refractivity contribution in [1.29, 1.82) is 0 Å². The zero-order valence-electron chi connectivity index (χ0n) is 13.4. The number of phenolic OH excluding ortho intramolecular Hbond substituents is 1. The molecule has 3 N–H and O–H groups in total. The summed E-state index contributed by atoms with van der Waals surface area (Å²) in [7, 11) is -8.89. The van der Waals surface area contributed by atoms with Crippen molar-refractivity contribution in [3.8, 4) is 5.75 Å². The van der Waals surface area contributed by atoms with Gasteiger partial charge >= 0.3 is 0 Å². The molecule has 0 bridgehead atoms. The number of phenols is 1. The van der Waals surface area contributed by atoms with Crippen LogP contribution in [0.1, 0.15) is 0 Å². The summed E-state index contributed by atoms with van der Waals surface area (Å²) in [5.41, 5.74) is 0.613. The Hall–Kier alpha value is -2.86. The van der Waals surface area contributed by atoms with Gasteiger partial charge in [-0.05, 0) is 36.4 Å². The second-order valence-electron chi connectivity index (χ2n) is 5.43. The van der Waals surface area contributed by atoms with E-state index >= 15 is 0 Å². The minimum atomic E-state index is -4.58. The number of azo groups is 1. The fraction of sp³-hybridized carbons (Fsp3) is 0. The molecular formula is C16H12N2O7S2. The monoisotopic (exact) mass is 408 g/mol. The lowest BCUT2D eigenvalue weighted by Crippen LogP contribution is -1.98. The zero-order valence-corrected chi connectivity index (χ0v) is 15.0. The van der Waals surface area contributed by atoms with Gasteiger partial charge in [0.25, 0.3) is 20.2 Å². The Morgan fingerprint density at radius 2 is 1.37 bits per heavy atom. The number of nitrogens with zero attached hydrogens (tertiary/aromatic N) is 2. The van der Waals surface area contributed by atoms with Crippen LogP contribution in [-0.2, 0) is 20.2 Å². The van der Waals surface area contributed by atoms with Gasteiger partial charge < -0.3 is 5.11 Å². The molecule has 0 unspecified atom stereocenters. The Morgan fingerprint density at radius 3 is 1.96 bits per heavy atom. The first kappa shape index (κ1) is 18.9. The van der Waals surface area contributed by atoms with Gasteiger partial charge in [-0.3, -0.25) is 9.11 Å². The molecule has 0 aliphatic heterocycles. The van der Waals surface area contributed by atoms with Gasteiger partial charge in [-0.15, -0.1) is 5.11 Å². The van der Waals surface area contributed by atoms with Crippen LogP contribution in [0.15, 0.2) is 74.6 Å². The highest BCUT2D eigenvalue weighted by Gasteiger charge is 2.18. The molecule has 0 fully saturated rings. The van der Waals surface area contributed by atoms with E-state index in [9.17, 15) is 21.9 Å². The molecule has 0 radical (unpaired) electrons. The maximum Gasteiger partial charge on any atom is 0.298 e. The molecule has 0 atom stereocenters. The molecule has 0 aromatic heterocycles. The van der Waals surface area contributed by atoms with Gasteiger partial charge in [-0.2, -0.15) is 21.9 Å². The Balaban J connectivity index is 2.03. The number of hydrogen-bond donors (Lipinski definition) is 3. The van der Waals surface area contributed by atoms with E-state index < -0.39 is 30.9 Å². The Kier molecular flexibility index (Phi) is 4.70. The first-order valence-corrected chi connectivity index (χ1v) is 10.2. The predicted octanol–water partition coefficient (Wildman–Crippen LogP) is 3.45. The summed E-state index contributed by atoms with van der Waals surface area (Å²) in [6.07, 6.45) is 0. The molecule has 9 nitrogen and oxygen atoms in total. The highest BCUT2D eigenvalue weighted by molar-refractivity contribution is 7.86. The van der Waals surface area contributed by atoms with E-state index in [0.29, 0.717) is 16.8 Å². The standard InChI is InChI=1S/C16H12N2O7S2/c19-16-13-2-1-3-14(12(13)8-9-15(16)27(23,24)25)18-17-10-4-6-11(7-5-10)26(20,21)22/h1-9,19H,(H,20,21,22)(H,23,24,25)/b18-17+. The van der Waals surface area contributed by atoms with E-state index in [2.05, 4.69) is 10.2 Å². The normalized spacial score (nSPS) is 12.7. The maximum atomic E-state index is 11.3. The van der Waals surface area contributed by atoms with E-state index in [1.807, 2.05) is 0 Å². The Morgan fingerprint density at radius 1 is 0.704 bits per heavy atom. The lowest BCUT2D eigenvalue weighted by Gasteiger charge is -2.07. The number of hydrogen-bond acceptors (Lipinski definition) is 7. The smallest absolute Gasteiger partial charge is 0.298 e. The molecule has 0 saturated carbocycles. The second-order valence-corrected chi connectivity index (χ2v) is 8.24. The van der Waals surface area contributed by atoms with Gasteiger partial charge in [-0.1, -0.05) is 18.2 Å². The first-order valence-electron chi connectivity index (χ1n) is 7.29. The van der Waals surface area contributed by atoms with E-state index in [1.54, 1.807) is 6.07 Å². The summed E-state index contributed by atoms with van der Waals surface area (Å²) in [5.74, 6) is -0.607. The van der Waals surface area contributed by atoms with Crippen LogP contribution in [-0.4, -0.2) is 31.0 Å². The number of rotatable bonds is 4. The van der Waals surface area contributed by atoms with Gasteiger partial charge in [0.05, 0.1) is 16.3 Å². The van der Waals surface area contributed by atoms with Gasteiger partial charge in [-0.25, -0.2) is 0 Å². The summed E-state index contributed by atoms with van der Waals surface area (Å²) in [6, 6.07) is 12.0. The highest BCUT2D eigenvalue weighted by Crippen LogP contribution is 2.36. The van der Waals surface area contributed by atoms with Crippen molar-refractivity contribution < 1.29 is 31.0 Å². The largest absolute Gasteiger partial charge is 0.506 e. The first-order chi connectivity index (χ1) is 12.6.